The number of rotatable bonds is 5. The Morgan fingerprint density at radius 3 is 2.47 bits per heavy atom. The van der Waals surface area contributed by atoms with Crippen molar-refractivity contribution in [3.8, 4) is 5.75 Å². The van der Waals surface area contributed by atoms with E-state index in [1.807, 2.05) is 0 Å². The molecule has 0 fully saturated rings. The lowest BCUT2D eigenvalue weighted by molar-refractivity contribution is 0.0697. The summed E-state index contributed by atoms with van der Waals surface area (Å²) in [5.74, 6) is 0.0994. The Labute approximate surface area is 90.3 Å². The van der Waals surface area contributed by atoms with Crippen LogP contribution in [0.5, 0.6) is 5.75 Å². The zero-order chi connectivity index (χ0) is 11.3. The average molecular weight is 228 g/mol. The van der Waals surface area contributed by atoms with Crippen molar-refractivity contribution < 1.29 is 18.8 Å². The molecule has 0 saturated carbocycles. The minimum absolute atomic E-state index is 0.224. The number of hydrogen-bond donors (Lipinski definition) is 1. The van der Waals surface area contributed by atoms with E-state index in [0.717, 1.165) is 0 Å². The third-order valence-electron chi connectivity index (χ3n) is 1.74. The van der Waals surface area contributed by atoms with Crippen LogP contribution in [0.3, 0.4) is 0 Å². The summed E-state index contributed by atoms with van der Waals surface area (Å²) in [7, 11) is -0.870. The molecule has 15 heavy (non-hydrogen) atoms. The molecule has 0 aliphatic rings. The molecule has 1 rings (SSSR count). The van der Waals surface area contributed by atoms with Gasteiger partial charge in [0.15, 0.2) is 0 Å². The van der Waals surface area contributed by atoms with Gasteiger partial charge in [0.05, 0.1) is 17.9 Å². The third kappa shape index (κ3) is 4.12. The van der Waals surface area contributed by atoms with Gasteiger partial charge in [0.2, 0.25) is 0 Å². The molecule has 0 aromatic heterocycles. The number of carboxylic acids is 1. The smallest absolute Gasteiger partial charge is 0.335 e. The van der Waals surface area contributed by atoms with Crippen LogP contribution in [-0.4, -0.2) is 33.9 Å². The lowest BCUT2D eigenvalue weighted by Crippen LogP contribution is -2.07. The molecule has 4 nitrogen and oxygen atoms in total. The van der Waals surface area contributed by atoms with Crippen molar-refractivity contribution in [2.24, 2.45) is 0 Å². The molecule has 0 heterocycles. The minimum atomic E-state index is -0.962. The van der Waals surface area contributed by atoms with Gasteiger partial charge in [-0.05, 0) is 24.3 Å². The van der Waals surface area contributed by atoms with Crippen LogP contribution in [0.1, 0.15) is 10.4 Å². The number of aromatic carboxylic acids is 1. The van der Waals surface area contributed by atoms with Crippen molar-refractivity contribution in [3.05, 3.63) is 29.8 Å². The molecule has 0 spiro atoms. The van der Waals surface area contributed by atoms with Crippen LogP contribution in [0, 0.1) is 0 Å². The van der Waals surface area contributed by atoms with Gasteiger partial charge in [0.25, 0.3) is 0 Å². The first-order valence-corrected chi connectivity index (χ1v) is 6.08. The summed E-state index contributed by atoms with van der Waals surface area (Å²) in [4.78, 5) is 10.5. The second-order valence-corrected chi connectivity index (χ2v) is 4.51. The van der Waals surface area contributed by atoms with Gasteiger partial charge in [0.1, 0.15) is 5.75 Å². The average Bonchev–Trinajstić information content (AvgIpc) is 2.18. The molecule has 5 heteroatoms. The number of benzene rings is 1. The van der Waals surface area contributed by atoms with Crippen molar-refractivity contribution in [1.82, 2.24) is 0 Å². The molecule has 82 valence electrons. The lowest BCUT2D eigenvalue weighted by atomic mass is 10.2. The molecule has 0 saturated heterocycles. The molecule has 0 bridgehead atoms. The van der Waals surface area contributed by atoms with Gasteiger partial charge in [-0.15, -0.1) is 0 Å². The SMILES string of the molecule is CS(=O)CCOc1ccc(C(=O)O)cc1. The topological polar surface area (TPSA) is 63.6 Å². The Morgan fingerprint density at radius 1 is 1.40 bits per heavy atom. The van der Waals surface area contributed by atoms with E-state index in [2.05, 4.69) is 0 Å². The minimum Gasteiger partial charge on any atom is -0.493 e. The molecular formula is C10H12O4S. The van der Waals surface area contributed by atoms with Crippen LogP contribution in [0.25, 0.3) is 0 Å². The van der Waals surface area contributed by atoms with Crippen molar-refractivity contribution >= 4 is 16.8 Å². The summed E-state index contributed by atoms with van der Waals surface area (Å²) in [5.41, 5.74) is 0.224. The Balaban J connectivity index is 2.50. The fourth-order valence-corrected chi connectivity index (χ4v) is 1.29. The third-order valence-corrected chi connectivity index (χ3v) is 2.48. The lowest BCUT2D eigenvalue weighted by Gasteiger charge is -2.04. The highest BCUT2D eigenvalue weighted by Crippen LogP contribution is 2.11. The fraction of sp³-hybridized carbons (Fsp3) is 0.300. The van der Waals surface area contributed by atoms with Gasteiger partial charge in [-0.25, -0.2) is 4.79 Å². The van der Waals surface area contributed by atoms with Gasteiger partial charge < -0.3 is 9.84 Å². The summed E-state index contributed by atoms with van der Waals surface area (Å²) in [6, 6.07) is 6.12. The second-order valence-electron chi connectivity index (χ2n) is 2.96. The fourth-order valence-electron chi connectivity index (χ4n) is 0.971. The van der Waals surface area contributed by atoms with Crippen LogP contribution in [0.15, 0.2) is 24.3 Å². The van der Waals surface area contributed by atoms with Crippen LogP contribution in [-0.2, 0) is 10.8 Å². The molecule has 1 aromatic carbocycles. The second kappa shape index (κ2) is 5.50. The Morgan fingerprint density at radius 2 is 2.00 bits per heavy atom. The molecule has 0 radical (unpaired) electrons. The van der Waals surface area contributed by atoms with Gasteiger partial charge >= 0.3 is 5.97 Å². The predicted octanol–water partition coefficient (Wildman–Crippen LogP) is 1.14. The first kappa shape index (κ1) is 11.7. The van der Waals surface area contributed by atoms with E-state index in [-0.39, 0.29) is 5.56 Å². The molecular weight excluding hydrogens is 216 g/mol. The maximum Gasteiger partial charge on any atom is 0.335 e. The van der Waals surface area contributed by atoms with Crippen LogP contribution in [0.2, 0.25) is 0 Å². The van der Waals surface area contributed by atoms with Gasteiger partial charge in [0, 0.05) is 17.1 Å². The molecule has 0 amide bonds. The molecule has 0 aliphatic carbocycles. The highest BCUT2D eigenvalue weighted by atomic mass is 32.2. The summed E-state index contributed by atoms with van der Waals surface area (Å²) in [5, 5.41) is 8.64. The van der Waals surface area contributed by atoms with E-state index >= 15 is 0 Å². The van der Waals surface area contributed by atoms with Crippen molar-refractivity contribution in [2.45, 2.75) is 0 Å². The van der Waals surface area contributed by atoms with E-state index in [1.54, 1.807) is 18.4 Å². The molecule has 1 N–H and O–H groups in total. The summed E-state index contributed by atoms with van der Waals surface area (Å²) in [6.45, 7) is 0.371. The van der Waals surface area contributed by atoms with Crippen LogP contribution in [0.4, 0.5) is 0 Å². The van der Waals surface area contributed by atoms with Crippen molar-refractivity contribution in [1.29, 1.82) is 0 Å². The summed E-state index contributed by atoms with van der Waals surface area (Å²) >= 11 is 0. The highest BCUT2D eigenvalue weighted by molar-refractivity contribution is 7.84. The van der Waals surface area contributed by atoms with Gasteiger partial charge in [-0.3, -0.25) is 4.21 Å². The van der Waals surface area contributed by atoms with Crippen LogP contribution < -0.4 is 4.74 Å². The molecule has 0 aliphatic heterocycles. The van der Waals surface area contributed by atoms with E-state index < -0.39 is 16.8 Å². The maximum absolute atomic E-state index is 10.7. The van der Waals surface area contributed by atoms with Gasteiger partial charge in [-0.2, -0.15) is 0 Å². The summed E-state index contributed by atoms with van der Waals surface area (Å²) < 4.78 is 16.0. The number of carboxylic acid groups (broad SMARTS) is 1. The predicted molar refractivity (Wildman–Crippen MR) is 57.8 cm³/mol. The van der Waals surface area contributed by atoms with Gasteiger partial charge in [-0.1, -0.05) is 0 Å². The maximum atomic E-state index is 10.7. The molecule has 1 unspecified atom stereocenters. The Kier molecular flexibility index (Phi) is 4.30. The number of ether oxygens (including phenoxy) is 1. The summed E-state index contributed by atoms with van der Waals surface area (Å²) in [6.07, 6.45) is 1.61. The van der Waals surface area contributed by atoms with Crippen molar-refractivity contribution in [2.75, 3.05) is 18.6 Å². The monoisotopic (exact) mass is 228 g/mol. The van der Waals surface area contributed by atoms with E-state index in [1.165, 1.54) is 12.1 Å². The molecule has 1 aromatic rings. The zero-order valence-electron chi connectivity index (χ0n) is 8.30. The normalized spacial score (nSPS) is 12.1. The number of hydrogen-bond acceptors (Lipinski definition) is 3. The number of carbonyl (C=O) groups is 1. The van der Waals surface area contributed by atoms with E-state index in [4.69, 9.17) is 9.84 Å². The first-order valence-electron chi connectivity index (χ1n) is 4.36. The van der Waals surface area contributed by atoms with Crippen LogP contribution >= 0.6 is 0 Å². The first-order chi connectivity index (χ1) is 7.09. The Hall–Kier alpha value is -1.36. The standard InChI is InChI=1S/C10H12O4S/c1-15(13)7-6-14-9-4-2-8(3-5-9)10(11)12/h2-5H,6-7H2,1H3,(H,11,12). The zero-order valence-corrected chi connectivity index (χ0v) is 9.12. The van der Waals surface area contributed by atoms with E-state index in [9.17, 15) is 9.00 Å². The largest absolute Gasteiger partial charge is 0.493 e. The molecule has 1 atom stereocenters. The quantitative estimate of drug-likeness (QED) is 0.821. The van der Waals surface area contributed by atoms with E-state index in [0.29, 0.717) is 18.1 Å². The Bertz CT molecular complexity index is 358. The highest BCUT2D eigenvalue weighted by Gasteiger charge is 2.01. The van der Waals surface area contributed by atoms with Crippen molar-refractivity contribution in [3.63, 3.8) is 0 Å².